The molecular weight excluding hydrogens is 482 g/mol. The van der Waals surface area contributed by atoms with Crippen molar-refractivity contribution in [2.45, 2.75) is 26.3 Å². The summed E-state index contributed by atoms with van der Waals surface area (Å²) in [7, 11) is 0. The molecule has 0 spiro atoms. The van der Waals surface area contributed by atoms with Crippen LogP contribution in [0.4, 0.5) is 0 Å². The van der Waals surface area contributed by atoms with E-state index in [0.29, 0.717) is 22.9 Å². The number of pyridine rings is 2. The fourth-order valence-corrected chi connectivity index (χ4v) is 4.16. The smallest absolute Gasteiger partial charge is 0.271 e. The molecule has 4 rings (SSSR count). The maximum atomic E-state index is 13.0. The number of carbonyl (C=O) groups is 4. The van der Waals surface area contributed by atoms with Gasteiger partial charge in [-0.15, -0.1) is 0 Å². The third-order valence-corrected chi connectivity index (χ3v) is 6.00. The molecule has 4 aromatic rings. The Morgan fingerprint density at radius 1 is 0.763 bits per heavy atom. The van der Waals surface area contributed by atoms with Crippen molar-refractivity contribution in [3.05, 3.63) is 84.3 Å². The molecule has 1 atom stereocenters. The fourth-order valence-electron chi connectivity index (χ4n) is 4.16. The maximum absolute atomic E-state index is 13.0. The van der Waals surface area contributed by atoms with Gasteiger partial charge in [-0.25, -0.2) is 0 Å². The first-order valence-electron chi connectivity index (χ1n) is 12.4. The normalized spacial score (nSPS) is 11.8. The van der Waals surface area contributed by atoms with E-state index >= 15 is 0 Å². The monoisotopic (exact) mass is 511 g/mol. The Bertz CT molecular complexity index is 1490. The average Bonchev–Trinajstić information content (AvgIpc) is 2.93. The van der Waals surface area contributed by atoms with Crippen LogP contribution in [0, 0.1) is 5.92 Å². The molecule has 0 saturated carbocycles. The van der Waals surface area contributed by atoms with Crippen LogP contribution >= 0.6 is 0 Å². The largest absolute Gasteiger partial charge is 0.347 e. The number of aromatic nitrogens is 2. The van der Waals surface area contributed by atoms with Crippen molar-refractivity contribution >= 4 is 45.2 Å². The Morgan fingerprint density at radius 3 is 2.32 bits per heavy atom. The van der Waals surface area contributed by atoms with Gasteiger partial charge in [0, 0.05) is 23.2 Å². The number of hydrogen-bond acceptors (Lipinski definition) is 6. The number of ketones is 1. The van der Waals surface area contributed by atoms with Gasteiger partial charge in [-0.3, -0.25) is 29.1 Å². The van der Waals surface area contributed by atoms with E-state index < -0.39 is 23.8 Å². The van der Waals surface area contributed by atoms with Gasteiger partial charge in [0.15, 0.2) is 5.78 Å². The first-order chi connectivity index (χ1) is 18.3. The van der Waals surface area contributed by atoms with E-state index in [9.17, 15) is 19.2 Å². The van der Waals surface area contributed by atoms with Gasteiger partial charge < -0.3 is 16.0 Å². The lowest BCUT2D eigenvalue weighted by atomic mass is 10.0. The average molecular weight is 512 g/mol. The van der Waals surface area contributed by atoms with Crippen LogP contribution in [-0.4, -0.2) is 52.6 Å². The van der Waals surface area contributed by atoms with Crippen LogP contribution in [0.25, 0.3) is 21.7 Å². The van der Waals surface area contributed by atoms with Crippen LogP contribution in [0.2, 0.25) is 0 Å². The molecule has 0 saturated heterocycles. The second kappa shape index (κ2) is 12.1. The molecule has 0 bridgehead atoms. The summed E-state index contributed by atoms with van der Waals surface area (Å²) in [5, 5.41) is 10.3. The number of amides is 3. The molecule has 0 fully saturated rings. The van der Waals surface area contributed by atoms with Crippen LogP contribution in [0.5, 0.6) is 0 Å². The van der Waals surface area contributed by atoms with E-state index in [1.54, 1.807) is 36.7 Å². The van der Waals surface area contributed by atoms with Crippen LogP contribution in [0.1, 0.15) is 41.1 Å². The first-order valence-corrected chi connectivity index (χ1v) is 12.4. The van der Waals surface area contributed by atoms with Crippen LogP contribution in [0.3, 0.4) is 0 Å². The summed E-state index contributed by atoms with van der Waals surface area (Å²) in [4.78, 5) is 59.5. The number of nitrogens with one attached hydrogen (secondary N) is 3. The number of para-hydroxylation sites is 1. The number of hydrogen-bond donors (Lipinski definition) is 3. The zero-order valence-corrected chi connectivity index (χ0v) is 21.2. The highest BCUT2D eigenvalue weighted by Crippen LogP contribution is 2.17. The van der Waals surface area contributed by atoms with Crippen molar-refractivity contribution < 1.29 is 19.2 Å². The number of benzene rings is 2. The number of rotatable bonds is 10. The molecule has 3 amide bonds. The standard InChI is InChI=1S/C29H29N5O4/c1-18(2)15-24(34-29(38)26-22-10-4-3-7-19(22)12-14-31-26)28(37)33-17-21(35)16-32-27(36)23-11-5-8-20-9-6-13-30-25(20)23/h3-14,18,24H,15-17H2,1-2H3,(H,32,36)(H,33,37)(H,34,38)/t24-/m0/s1. The van der Waals surface area contributed by atoms with E-state index in [-0.39, 0.29) is 30.5 Å². The third-order valence-electron chi connectivity index (χ3n) is 6.00. The van der Waals surface area contributed by atoms with Crippen molar-refractivity contribution in [1.29, 1.82) is 0 Å². The van der Waals surface area contributed by atoms with Crippen molar-refractivity contribution in [1.82, 2.24) is 25.9 Å². The van der Waals surface area contributed by atoms with Gasteiger partial charge in [0.1, 0.15) is 11.7 Å². The summed E-state index contributed by atoms with van der Waals surface area (Å²) in [6, 6.07) is 17.2. The van der Waals surface area contributed by atoms with E-state index in [4.69, 9.17) is 0 Å². The highest BCUT2D eigenvalue weighted by Gasteiger charge is 2.24. The Morgan fingerprint density at radius 2 is 1.50 bits per heavy atom. The molecule has 0 aliphatic rings. The van der Waals surface area contributed by atoms with Crippen LogP contribution in [-0.2, 0) is 9.59 Å². The van der Waals surface area contributed by atoms with E-state index in [0.717, 1.165) is 10.8 Å². The number of carbonyl (C=O) groups excluding carboxylic acids is 4. The lowest BCUT2D eigenvalue weighted by Crippen LogP contribution is -2.49. The second-order valence-electron chi connectivity index (χ2n) is 9.36. The number of fused-ring (bicyclic) bond motifs is 2. The topological polar surface area (TPSA) is 130 Å². The molecule has 3 N–H and O–H groups in total. The van der Waals surface area contributed by atoms with Gasteiger partial charge in [0.25, 0.3) is 11.8 Å². The molecular formula is C29H29N5O4. The quantitative estimate of drug-likeness (QED) is 0.300. The minimum absolute atomic E-state index is 0.107. The minimum atomic E-state index is -0.854. The molecule has 194 valence electrons. The zero-order valence-electron chi connectivity index (χ0n) is 21.2. The predicted molar refractivity (Wildman–Crippen MR) is 145 cm³/mol. The predicted octanol–water partition coefficient (Wildman–Crippen LogP) is 3.04. The Kier molecular flexibility index (Phi) is 8.37. The molecule has 9 nitrogen and oxygen atoms in total. The highest BCUT2D eigenvalue weighted by atomic mass is 16.2. The lowest BCUT2D eigenvalue weighted by Gasteiger charge is -2.20. The Hall–Kier alpha value is -4.66. The molecule has 2 heterocycles. The lowest BCUT2D eigenvalue weighted by molar-refractivity contribution is -0.126. The summed E-state index contributed by atoms with van der Waals surface area (Å²) in [6.45, 7) is 3.32. The van der Waals surface area contributed by atoms with E-state index in [1.807, 2.05) is 50.2 Å². The summed E-state index contributed by atoms with van der Waals surface area (Å²) >= 11 is 0. The van der Waals surface area contributed by atoms with Crippen molar-refractivity contribution in [3.8, 4) is 0 Å². The summed E-state index contributed by atoms with van der Waals surface area (Å²) < 4.78 is 0. The maximum Gasteiger partial charge on any atom is 0.271 e. The van der Waals surface area contributed by atoms with Gasteiger partial charge in [0.05, 0.1) is 24.2 Å². The molecule has 2 aromatic heterocycles. The summed E-state index contributed by atoms with van der Waals surface area (Å²) in [5.41, 5.74) is 1.13. The molecule has 2 aromatic carbocycles. The van der Waals surface area contributed by atoms with Crippen molar-refractivity contribution in [3.63, 3.8) is 0 Å². The summed E-state index contributed by atoms with van der Waals surface area (Å²) in [5.74, 6) is -1.65. The molecule has 0 radical (unpaired) electrons. The van der Waals surface area contributed by atoms with Crippen molar-refractivity contribution in [2.75, 3.05) is 13.1 Å². The molecule has 0 aliphatic heterocycles. The van der Waals surface area contributed by atoms with E-state index in [1.165, 1.54) is 0 Å². The van der Waals surface area contributed by atoms with Crippen molar-refractivity contribution in [2.24, 2.45) is 5.92 Å². The van der Waals surface area contributed by atoms with E-state index in [2.05, 4.69) is 25.9 Å². The molecule has 38 heavy (non-hydrogen) atoms. The van der Waals surface area contributed by atoms with Crippen LogP contribution < -0.4 is 16.0 Å². The van der Waals surface area contributed by atoms with Gasteiger partial charge in [0.2, 0.25) is 5.91 Å². The minimum Gasteiger partial charge on any atom is -0.347 e. The SMILES string of the molecule is CC(C)C[C@H](NC(=O)c1nccc2ccccc12)C(=O)NCC(=O)CNC(=O)c1cccc2cccnc12. The Balaban J connectivity index is 1.34. The van der Waals surface area contributed by atoms with Gasteiger partial charge in [-0.2, -0.15) is 0 Å². The number of nitrogens with zero attached hydrogens (tertiary/aromatic N) is 2. The first kappa shape index (κ1) is 26.4. The zero-order chi connectivity index (χ0) is 27.1. The Labute approximate surface area is 220 Å². The molecule has 9 heteroatoms. The molecule has 0 aliphatic carbocycles. The fraction of sp³-hybridized carbons (Fsp3) is 0.241. The summed E-state index contributed by atoms with van der Waals surface area (Å²) in [6.07, 6.45) is 3.53. The van der Waals surface area contributed by atoms with Crippen LogP contribution in [0.15, 0.2) is 73.1 Å². The van der Waals surface area contributed by atoms with Gasteiger partial charge in [-0.1, -0.05) is 56.3 Å². The highest BCUT2D eigenvalue weighted by molar-refractivity contribution is 6.07. The second-order valence-corrected chi connectivity index (χ2v) is 9.36. The van der Waals surface area contributed by atoms with Gasteiger partial charge in [-0.05, 0) is 35.9 Å². The third kappa shape index (κ3) is 6.36. The number of Topliss-reactive ketones (excluding diaryl/α,β-unsaturated/α-hetero) is 1. The molecule has 0 unspecified atom stereocenters. The van der Waals surface area contributed by atoms with Gasteiger partial charge >= 0.3 is 0 Å².